The second kappa shape index (κ2) is 8.32. The second-order valence-electron chi connectivity index (χ2n) is 5.24. The molecule has 1 N–H and O–H groups in total. The molecule has 0 aliphatic rings. The van der Waals surface area contributed by atoms with Gasteiger partial charge in [-0.15, -0.1) is 0 Å². The van der Waals surface area contributed by atoms with E-state index in [1.54, 1.807) is 7.11 Å². The number of allylic oxidation sites excluding steroid dienone is 1. The van der Waals surface area contributed by atoms with Crippen LogP contribution >= 0.6 is 15.9 Å². The standard InChI is InChI=1S/C16H24BrNO2/c1-11(2)6-7-20-16-14(17)8-13(9-15(16)19-5)10-18-12(3)4/h6,8-9,12,18H,7,10H2,1-5H3. The molecule has 1 aromatic carbocycles. The van der Waals surface area contributed by atoms with E-state index in [1.165, 1.54) is 5.57 Å². The van der Waals surface area contributed by atoms with Crippen LogP contribution in [0.2, 0.25) is 0 Å². The van der Waals surface area contributed by atoms with Crippen molar-refractivity contribution in [2.24, 2.45) is 0 Å². The SMILES string of the molecule is COc1cc(CNC(C)C)cc(Br)c1OCC=C(C)C. The molecule has 3 nitrogen and oxygen atoms in total. The van der Waals surface area contributed by atoms with Gasteiger partial charge in [-0.25, -0.2) is 0 Å². The molecule has 112 valence electrons. The van der Waals surface area contributed by atoms with E-state index in [-0.39, 0.29) is 0 Å². The summed E-state index contributed by atoms with van der Waals surface area (Å²) >= 11 is 3.56. The lowest BCUT2D eigenvalue weighted by Gasteiger charge is -2.15. The van der Waals surface area contributed by atoms with Gasteiger partial charge >= 0.3 is 0 Å². The number of halogens is 1. The summed E-state index contributed by atoms with van der Waals surface area (Å²) in [5.74, 6) is 1.50. The molecule has 4 heteroatoms. The maximum absolute atomic E-state index is 5.78. The highest BCUT2D eigenvalue weighted by Gasteiger charge is 2.11. The van der Waals surface area contributed by atoms with Crippen LogP contribution < -0.4 is 14.8 Å². The van der Waals surface area contributed by atoms with Gasteiger partial charge in [-0.05, 0) is 53.5 Å². The van der Waals surface area contributed by atoms with Gasteiger partial charge in [-0.2, -0.15) is 0 Å². The molecule has 0 fully saturated rings. The minimum absolute atomic E-state index is 0.452. The topological polar surface area (TPSA) is 30.5 Å². The third-order valence-corrected chi connectivity index (χ3v) is 3.31. The molecule has 1 rings (SSSR count). The van der Waals surface area contributed by atoms with Gasteiger partial charge < -0.3 is 14.8 Å². The van der Waals surface area contributed by atoms with Crippen molar-refractivity contribution in [1.29, 1.82) is 0 Å². The Bertz CT molecular complexity index is 466. The number of ether oxygens (including phenoxy) is 2. The van der Waals surface area contributed by atoms with Gasteiger partial charge in [0.2, 0.25) is 0 Å². The summed E-state index contributed by atoms with van der Waals surface area (Å²) in [7, 11) is 1.66. The molecule has 0 aromatic heterocycles. The fourth-order valence-corrected chi connectivity index (χ4v) is 2.23. The predicted octanol–water partition coefficient (Wildman–Crippen LogP) is 4.30. The molecule has 1 aromatic rings. The zero-order valence-corrected chi connectivity index (χ0v) is 14.5. The van der Waals surface area contributed by atoms with Gasteiger partial charge in [-0.1, -0.05) is 19.4 Å². The van der Waals surface area contributed by atoms with Gasteiger partial charge in [0.25, 0.3) is 0 Å². The Morgan fingerprint density at radius 3 is 2.60 bits per heavy atom. The van der Waals surface area contributed by atoms with E-state index in [1.807, 2.05) is 12.1 Å². The van der Waals surface area contributed by atoms with Crippen LogP contribution in [0.3, 0.4) is 0 Å². The predicted molar refractivity (Wildman–Crippen MR) is 87.6 cm³/mol. The van der Waals surface area contributed by atoms with Gasteiger partial charge in [0.1, 0.15) is 6.61 Å². The Morgan fingerprint density at radius 2 is 2.05 bits per heavy atom. The van der Waals surface area contributed by atoms with Crippen LogP contribution in [0.4, 0.5) is 0 Å². The van der Waals surface area contributed by atoms with Crippen molar-refractivity contribution in [3.8, 4) is 11.5 Å². The summed E-state index contributed by atoms with van der Waals surface area (Å²) < 4.78 is 12.1. The molecule has 0 aliphatic heterocycles. The van der Waals surface area contributed by atoms with E-state index in [2.05, 4.69) is 55.0 Å². The van der Waals surface area contributed by atoms with E-state index in [0.29, 0.717) is 12.6 Å². The quantitative estimate of drug-likeness (QED) is 0.750. The molecular weight excluding hydrogens is 318 g/mol. The van der Waals surface area contributed by atoms with E-state index >= 15 is 0 Å². The zero-order chi connectivity index (χ0) is 15.1. The van der Waals surface area contributed by atoms with E-state index in [9.17, 15) is 0 Å². The van der Waals surface area contributed by atoms with E-state index in [0.717, 1.165) is 28.1 Å². The van der Waals surface area contributed by atoms with Crippen molar-refractivity contribution >= 4 is 15.9 Å². The first-order valence-corrected chi connectivity index (χ1v) is 7.59. The summed E-state index contributed by atoms with van der Waals surface area (Å²) in [5.41, 5.74) is 2.40. The number of rotatable bonds is 7. The Hall–Kier alpha value is -1.00. The first-order chi connectivity index (χ1) is 9.43. The number of methoxy groups -OCH3 is 1. The van der Waals surface area contributed by atoms with Crippen molar-refractivity contribution in [2.45, 2.75) is 40.3 Å². The highest BCUT2D eigenvalue weighted by molar-refractivity contribution is 9.10. The van der Waals surface area contributed by atoms with Crippen LogP contribution in [0.5, 0.6) is 11.5 Å². The molecule has 0 atom stereocenters. The minimum Gasteiger partial charge on any atom is -0.493 e. The Balaban J connectivity index is 2.87. The monoisotopic (exact) mass is 341 g/mol. The summed E-state index contributed by atoms with van der Waals surface area (Å²) in [6.45, 7) is 9.71. The van der Waals surface area contributed by atoms with Crippen molar-refractivity contribution < 1.29 is 9.47 Å². The maximum atomic E-state index is 5.78. The lowest BCUT2D eigenvalue weighted by atomic mass is 10.2. The first kappa shape index (κ1) is 17.1. The average molecular weight is 342 g/mol. The third-order valence-electron chi connectivity index (χ3n) is 2.72. The summed E-state index contributed by atoms with van der Waals surface area (Å²) in [5, 5.41) is 3.39. The molecule has 0 radical (unpaired) electrons. The van der Waals surface area contributed by atoms with Gasteiger partial charge in [0.15, 0.2) is 11.5 Å². The van der Waals surface area contributed by atoms with Crippen LogP contribution in [-0.4, -0.2) is 19.8 Å². The van der Waals surface area contributed by atoms with Gasteiger partial charge in [-0.3, -0.25) is 0 Å². The summed E-state index contributed by atoms with van der Waals surface area (Å²) in [4.78, 5) is 0. The molecule has 0 saturated heterocycles. The molecule has 0 bridgehead atoms. The third kappa shape index (κ3) is 5.55. The van der Waals surface area contributed by atoms with Crippen LogP contribution in [0.25, 0.3) is 0 Å². The van der Waals surface area contributed by atoms with Gasteiger partial charge in [0.05, 0.1) is 11.6 Å². The molecule has 0 unspecified atom stereocenters. The molecule has 0 aliphatic carbocycles. The fraction of sp³-hybridized carbons (Fsp3) is 0.500. The van der Waals surface area contributed by atoms with E-state index in [4.69, 9.17) is 9.47 Å². The molecule has 0 spiro atoms. The Labute approximate surface area is 130 Å². The van der Waals surface area contributed by atoms with Crippen LogP contribution in [0.15, 0.2) is 28.3 Å². The lowest BCUT2D eigenvalue weighted by Crippen LogP contribution is -2.21. The molecule has 0 saturated carbocycles. The first-order valence-electron chi connectivity index (χ1n) is 6.80. The number of benzene rings is 1. The zero-order valence-electron chi connectivity index (χ0n) is 12.9. The fourth-order valence-electron chi connectivity index (χ4n) is 1.63. The Morgan fingerprint density at radius 1 is 1.35 bits per heavy atom. The smallest absolute Gasteiger partial charge is 0.175 e. The van der Waals surface area contributed by atoms with Crippen LogP contribution in [-0.2, 0) is 6.54 Å². The minimum atomic E-state index is 0.452. The van der Waals surface area contributed by atoms with Crippen molar-refractivity contribution in [1.82, 2.24) is 5.32 Å². The summed E-state index contributed by atoms with van der Waals surface area (Å²) in [6, 6.07) is 4.53. The van der Waals surface area contributed by atoms with Crippen LogP contribution in [0.1, 0.15) is 33.3 Å². The molecule has 0 heterocycles. The number of hydrogen-bond donors (Lipinski definition) is 1. The maximum Gasteiger partial charge on any atom is 0.175 e. The average Bonchev–Trinajstić information content (AvgIpc) is 2.37. The number of nitrogens with one attached hydrogen (secondary N) is 1. The van der Waals surface area contributed by atoms with Crippen LogP contribution in [0, 0.1) is 0 Å². The highest BCUT2D eigenvalue weighted by atomic mass is 79.9. The Kier molecular flexibility index (Phi) is 7.10. The largest absolute Gasteiger partial charge is 0.493 e. The second-order valence-corrected chi connectivity index (χ2v) is 6.09. The van der Waals surface area contributed by atoms with Gasteiger partial charge in [0, 0.05) is 12.6 Å². The highest BCUT2D eigenvalue weighted by Crippen LogP contribution is 2.36. The lowest BCUT2D eigenvalue weighted by molar-refractivity contribution is 0.323. The molecular formula is C16H24BrNO2. The molecule has 0 amide bonds. The number of hydrogen-bond acceptors (Lipinski definition) is 3. The van der Waals surface area contributed by atoms with Crippen molar-refractivity contribution in [3.63, 3.8) is 0 Å². The normalized spacial score (nSPS) is 10.6. The van der Waals surface area contributed by atoms with Crippen molar-refractivity contribution in [2.75, 3.05) is 13.7 Å². The van der Waals surface area contributed by atoms with E-state index < -0.39 is 0 Å². The van der Waals surface area contributed by atoms with Crippen molar-refractivity contribution in [3.05, 3.63) is 33.8 Å². The molecule has 20 heavy (non-hydrogen) atoms. The summed E-state index contributed by atoms with van der Waals surface area (Å²) in [6.07, 6.45) is 2.04.